The zero-order valence-electron chi connectivity index (χ0n) is 12.2. The third kappa shape index (κ3) is 2.50. The van der Waals surface area contributed by atoms with Gasteiger partial charge in [-0.2, -0.15) is 0 Å². The van der Waals surface area contributed by atoms with E-state index in [1.54, 1.807) is 18.9 Å². The molecule has 116 valence electrons. The summed E-state index contributed by atoms with van der Waals surface area (Å²) in [6.07, 6.45) is 4.12. The normalized spacial score (nSPS) is 27.7. The lowest BCUT2D eigenvalue weighted by Crippen LogP contribution is -2.62. The van der Waals surface area contributed by atoms with Crippen molar-refractivity contribution in [1.29, 1.82) is 0 Å². The Labute approximate surface area is 132 Å². The van der Waals surface area contributed by atoms with Gasteiger partial charge in [-0.25, -0.2) is 4.98 Å². The Balaban J connectivity index is 1.64. The molecule has 1 aromatic rings. The van der Waals surface area contributed by atoms with Crippen LogP contribution >= 0.6 is 23.1 Å². The molecule has 1 aromatic heterocycles. The smallest absolute Gasteiger partial charge is 0.273 e. The van der Waals surface area contributed by atoms with Crippen LogP contribution in [0.5, 0.6) is 0 Å². The first kappa shape index (κ1) is 15.3. The summed E-state index contributed by atoms with van der Waals surface area (Å²) in [7, 11) is 1.70. The molecule has 1 N–H and O–H groups in total. The first-order chi connectivity index (χ1) is 10.1. The summed E-state index contributed by atoms with van der Waals surface area (Å²) in [5, 5.41) is 11.9. The van der Waals surface area contributed by atoms with Crippen LogP contribution in [-0.2, 0) is 4.74 Å². The number of carbonyl (C=O) groups is 1. The SMILES string of the molecule is CO[C@H]1C[C@@H](O)C12CCN(C(=O)c1csc(SC)n1)CC2. The molecule has 0 unspecified atom stereocenters. The fourth-order valence-corrected chi connectivity index (χ4v) is 4.69. The first-order valence-electron chi connectivity index (χ1n) is 7.10. The second-order valence-electron chi connectivity index (χ2n) is 5.70. The van der Waals surface area contributed by atoms with E-state index in [1.807, 2.05) is 16.5 Å². The van der Waals surface area contributed by atoms with Gasteiger partial charge in [-0.05, 0) is 19.1 Å². The number of rotatable bonds is 3. The molecule has 1 saturated heterocycles. The van der Waals surface area contributed by atoms with Gasteiger partial charge in [0, 0.05) is 37.4 Å². The zero-order valence-corrected chi connectivity index (χ0v) is 13.9. The van der Waals surface area contributed by atoms with Crippen molar-refractivity contribution in [2.24, 2.45) is 5.41 Å². The minimum absolute atomic E-state index is 0.00387. The highest BCUT2D eigenvalue weighted by Crippen LogP contribution is 2.50. The average molecular weight is 328 g/mol. The minimum Gasteiger partial charge on any atom is -0.392 e. The number of aromatic nitrogens is 1. The van der Waals surface area contributed by atoms with Crippen LogP contribution in [0.1, 0.15) is 29.8 Å². The number of carbonyl (C=O) groups excluding carboxylic acids is 1. The highest BCUT2D eigenvalue weighted by atomic mass is 32.2. The summed E-state index contributed by atoms with van der Waals surface area (Å²) in [6.45, 7) is 1.34. The van der Waals surface area contributed by atoms with E-state index in [9.17, 15) is 9.90 Å². The van der Waals surface area contributed by atoms with Gasteiger partial charge in [-0.3, -0.25) is 4.79 Å². The van der Waals surface area contributed by atoms with Crippen LogP contribution in [0.15, 0.2) is 9.72 Å². The minimum atomic E-state index is -0.290. The number of hydrogen-bond donors (Lipinski definition) is 1. The van der Waals surface area contributed by atoms with Crippen LogP contribution in [0.25, 0.3) is 0 Å². The summed E-state index contributed by atoms with van der Waals surface area (Å²) in [4.78, 5) is 18.6. The number of amides is 1. The molecule has 21 heavy (non-hydrogen) atoms. The van der Waals surface area contributed by atoms with Gasteiger partial charge < -0.3 is 14.7 Å². The Bertz CT molecular complexity index is 526. The number of likely N-dealkylation sites (tertiary alicyclic amines) is 1. The maximum Gasteiger partial charge on any atom is 0.273 e. The van der Waals surface area contributed by atoms with Crippen molar-refractivity contribution < 1.29 is 14.6 Å². The molecule has 1 aliphatic carbocycles. The molecule has 0 aromatic carbocycles. The topological polar surface area (TPSA) is 62.7 Å². The molecule has 0 bridgehead atoms. The van der Waals surface area contributed by atoms with E-state index in [-0.39, 0.29) is 23.5 Å². The number of thioether (sulfide) groups is 1. The number of piperidine rings is 1. The Kier molecular flexibility index (Phi) is 4.27. The number of aliphatic hydroxyl groups is 1. The lowest BCUT2D eigenvalue weighted by molar-refractivity contribution is -0.199. The summed E-state index contributed by atoms with van der Waals surface area (Å²) < 4.78 is 6.39. The second kappa shape index (κ2) is 5.87. The van der Waals surface area contributed by atoms with Crippen LogP contribution in [0.3, 0.4) is 0 Å². The van der Waals surface area contributed by atoms with E-state index in [0.29, 0.717) is 25.2 Å². The molecule has 2 heterocycles. The molecule has 5 nitrogen and oxygen atoms in total. The van der Waals surface area contributed by atoms with Crippen molar-refractivity contribution in [1.82, 2.24) is 9.88 Å². The summed E-state index contributed by atoms with van der Waals surface area (Å²) in [5.74, 6) is 0.00387. The lowest BCUT2D eigenvalue weighted by atomic mass is 9.58. The van der Waals surface area contributed by atoms with Crippen molar-refractivity contribution in [3.8, 4) is 0 Å². The molecule has 2 aliphatic rings. The van der Waals surface area contributed by atoms with Crippen LogP contribution in [-0.4, -0.2) is 59.6 Å². The molecule has 1 amide bonds. The van der Waals surface area contributed by atoms with Crippen molar-refractivity contribution >= 4 is 29.0 Å². The van der Waals surface area contributed by atoms with E-state index in [1.165, 1.54) is 11.3 Å². The van der Waals surface area contributed by atoms with Gasteiger partial charge in [0.25, 0.3) is 5.91 Å². The van der Waals surface area contributed by atoms with E-state index < -0.39 is 0 Å². The maximum absolute atomic E-state index is 12.4. The molecule has 3 rings (SSSR count). The number of aliphatic hydroxyl groups excluding tert-OH is 1. The summed E-state index contributed by atoms with van der Waals surface area (Å²) >= 11 is 3.06. The van der Waals surface area contributed by atoms with E-state index in [4.69, 9.17) is 4.74 Å². The van der Waals surface area contributed by atoms with Crippen LogP contribution < -0.4 is 0 Å². The lowest BCUT2D eigenvalue weighted by Gasteiger charge is -2.56. The quantitative estimate of drug-likeness (QED) is 0.858. The molecule has 0 radical (unpaired) electrons. The monoisotopic (exact) mass is 328 g/mol. The predicted molar refractivity (Wildman–Crippen MR) is 82.9 cm³/mol. The molecule has 2 fully saturated rings. The third-order valence-corrected chi connectivity index (χ3v) is 6.75. The van der Waals surface area contributed by atoms with Gasteiger partial charge in [0.15, 0.2) is 0 Å². The van der Waals surface area contributed by atoms with Crippen LogP contribution in [0.2, 0.25) is 0 Å². The fourth-order valence-electron chi connectivity index (χ4n) is 3.45. The Morgan fingerprint density at radius 1 is 1.57 bits per heavy atom. The number of nitrogens with zero attached hydrogens (tertiary/aromatic N) is 2. The van der Waals surface area contributed by atoms with E-state index in [2.05, 4.69) is 4.98 Å². The van der Waals surface area contributed by atoms with Crippen molar-refractivity contribution in [3.05, 3.63) is 11.1 Å². The standard InChI is InChI=1S/C14H20N2O3S2/c1-19-11-7-10(17)14(11)3-5-16(6-4-14)12(18)9-8-21-13(15-9)20-2/h8,10-11,17H,3-7H2,1-2H3/t10-,11+/m1/s1. The molecule has 1 saturated carbocycles. The Morgan fingerprint density at radius 3 is 2.81 bits per heavy atom. The number of methoxy groups -OCH3 is 1. The second-order valence-corrected chi connectivity index (χ2v) is 7.62. The van der Waals surface area contributed by atoms with Crippen LogP contribution in [0.4, 0.5) is 0 Å². The Hall–Kier alpha value is -0.630. The van der Waals surface area contributed by atoms with Crippen molar-refractivity contribution in [2.45, 2.75) is 35.8 Å². The van der Waals surface area contributed by atoms with Crippen molar-refractivity contribution in [2.75, 3.05) is 26.5 Å². The summed E-state index contributed by atoms with van der Waals surface area (Å²) in [5.41, 5.74) is 0.399. The zero-order chi connectivity index (χ0) is 15.0. The Morgan fingerprint density at radius 2 is 2.29 bits per heavy atom. The molecule has 1 spiro atoms. The molecule has 2 atom stereocenters. The number of hydrogen-bond acceptors (Lipinski definition) is 6. The highest BCUT2D eigenvalue weighted by molar-refractivity contribution is 8.00. The first-order valence-corrected chi connectivity index (χ1v) is 9.21. The largest absolute Gasteiger partial charge is 0.392 e. The number of thiazole rings is 1. The average Bonchev–Trinajstić information content (AvgIpc) is 3.00. The van der Waals surface area contributed by atoms with Crippen molar-refractivity contribution in [3.63, 3.8) is 0 Å². The molecule has 1 aliphatic heterocycles. The van der Waals surface area contributed by atoms with Gasteiger partial charge in [0.2, 0.25) is 0 Å². The fraction of sp³-hybridized carbons (Fsp3) is 0.714. The maximum atomic E-state index is 12.4. The summed E-state index contributed by atoms with van der Waals surface area (Å²) in [6, 6.07) is 0. The van der Waals surface area contributed by atoms with Gasteiger partial charge in [-0.15, -0.1) is 11.3 Å². The van der Waals surface area contributed by atoms with Gasteiger partial charge in [0.1, 0.15) is 10.0 Å². The van der Waals surface area contributed by atoms with E-state index >= 15 is 0 Å². The molecular weight excluding hydrogens is 308 g/mol. The van der Waals surface area contributed by atoms with Gasteiger partial charge in [0.05, 0.1) is 12.2 Å². The molecule has 7 heteroatoms. The van der Waals surface area contributed by atoms with Gasteiger partial charge >= 0.3 is 0 Å². The van der Waals surface area contributed by atoms with Crippen LogP contribution in [0, 0.1) is 5.41 Å². The van der Waals surface area contributed by atoms with E-state index in [0.717, 1.165) is 17.2 Å². The third-order valence-electron chi connectivity index (χ3n) is 4.89. The van der Waals surface area contributed by atoms with Gasteiger partial charge in [-0.1, -0.05) is 11.8 Å². The predicted octanol–water partition coefficient (Wildman–Crippen LogP) is 1.87. The molecular formula is C14H20N2O3S2. The number of ether oxygens (including phenoxy) is 1. The highest BCUT2D eigenvalue weighted by Gasteiger charge is 2.56.